The molecule has 3 unspecified atom stereocenters. The maximum atomic E-state index is 6.58. The molecule has 0 radical (unpaired) electrons. The minimum Gasteiger partial charge on any atom is -0.339 e. The van der Waals surface area contributed by atoms with Crippen LogP contribution in [0.25, 0.3) is 0 Å². The molecule has 4 heteroatoms. The largest absolute Gasteiger partial charge is 0.339 e. The van der Waals surface area contributed by atoms with Crippen molar-refractivity contribution in [3.8, 4) is 0 Å². The first kappa shape index (κ1) is 12.8. The van der Waals surface area contributed by atoms with Crippen molar-refractivity contribution in [3.63, 3.8) is 0 Å². The van der Waals surface area contributed by atoms with Gasteiger partial charge in [0.2, 0.25) is 5.89 Å². The van der Waals surface area contributed by atoms with Crippen molar-refractivity contribution in [1.29, 1.82) is 0 Å². The molecule has 4 rings (SSSR count). The Hall–Kier alpha value is -0.900. The molecule has 3 atom stereocenters. The molecular weight excluding hydrogens is 250 g/mol. The van der Waals surface area contributed by atoms with E-state index in [0.717, 1.165) is 36.4 Å². The molecule has 0 saturated heterocycles. The van der Waals surface area contributed by atoms with Gasteiger partial charge in [0.25, 0.3) is 0 Å². The van der Waals surface area contributed by atoms with Gasteiger partial charge in [-0.3, -0.25) is 0 Å². The monoisotopic (exact) mass is 275 g/mol. The summed E-state index contributed by atoms with van der Waals surface area (Å²) in [6.45, 7) is 0. The van der Waals surface area contributed by atoms with Crippen LogP contribution in [0.1, 0.15) is 81.8 Å². The van der Waals surface area contributed by atoms with Crippen molar-refractivity contribution >= 4 is 0 Å². The average molecular weight is 275 g/mol. The lowest BCUT2D eigenvalue weighted by molar-refractivity contribution is 0.291. The first-order chi connectivity index (χ1) is 9.74. The summed E-state index contributed by atoms with van der Waals surface area (Å²) in [7, 11) is 0. The minimum absolute atomic E-state index is 0.337. The summed E-state index contributed by atoms with van der Waals surface area (Å²) in [5, 5.41) is 4.27. The second kappa shape index (κ2) is 4.83. The highest BCUT2D eigenvalue weighted by atomic mass is 16.5. The van der Waals surface area contributed by atoms with Crippen molar-refractivity contribution in [2.75, 3.05) is 0 Å². The third kappa shape index (κ3) is 2.09. The smallest absolute Gasteiger partial charge is 0.230 e. The van der Waals surface area contributed by atoms with Gasteiger partial charge in [0.15, 0.2) is 5.82 Å². The number of hydrogen-bond acceptors (Lipinski definition) is 4. The Balaban J connectivity index is 1.55. The van der Waals surface area contributed by atoms with E-state index in [1.54, 1.807) is 0 Å². The summed E-state index contributed by atoms with van der Waals surface area (Å²) in [5.41, 5.74) is 6.25. The van der Waals surface area contributed by atoms with E-state index in [0.29, 0.717) is 5.92 Å². The number of nitrogens with two attached hydrogens (primary N) is 1. The van der Waals surface area contributed by atoms with Gasteiger partial charge in [-0.05, 0) is 43.9 Å². The molecule has 0 aliphatic heterocycles. The fourth-order valence-electron chi connectivity index (χ4n) is 4.72. The van der Waals surface area contributed by atoms with E-state index in [2.05, 4.69) is 5.16 Å². The normalized spacial score (nSPS) is 36.1. The Bertz CT molecular complexity index is 476. The zero-order valence-electron chi connectivity index (χ0n) is 12.2. The molecule has 0 spiro atoms. The van der Waals surface area contributed by atoms with Crippen LogP contribution in [0, 0.1) is 11.8 Å². The van der Waals surface area contributed by atoms with Gasteiger partial charge in [-0.25, -0.2) is 0 Å². The Kier molecular flexibility index (Phi) is 3.09. The minimum atomic E-state index is -0.337. The van der Waals surface area contributed by atoms with Crippen molar-refractivity contribution in [2.24, 2.45) is 17.6 Å². The van der Waals surface area contributed by atoms with Crippen LogP contribution in [0.15, 0.2) is 4.52 Å². The van der Waals surface area contributed by atoms with Crippen LogP contribution >= 0.6 is 0 Å². The number of hydrogen-bond donors (Lipinski definition) is 1. The molecule has 110 valence electrons. The molecule has 4 nitrogen and oxygen atoms in total. The standard InChI is InChI=1S/C16H25N3O/c17-16(7-3-1-2-4-8-16)15-18-14(20-19-15)13-10-11-5-6-12(13)9-11/h11-13H,1-10,17H2. The Morgan fingerprint density at radius 1 is 1.05 bits per heavy atom. The molecule has 1 heterocycles. The molecule has 3 fully saturated rings. The van der Waals surface area contributed by atoms with Crippen LogP contribution < -0.4 is 5.73 Å². The molecule has 2 N–H and O–H groups in total. The highest BCUT2D eigenvalue weighted by Crippen LogP contribution is 2.52. The molecule has 3 saturated carbocycles. The van der Waals surface area contributed by atoms with Gasteiger partial charge in [0.1, 0.15) is 0 Å². The number of rotatable bonds is 2. The van der Waals surface area contributed by atoms with Gasteiger partial charge in [-0.15, -0.1) is 0 Å². The zero-order valence-corrected chi connectivity index (χ0v) is 12.2. The van der Waals surface area contributed by atoms with Crippen LogP contribution in [0.3, 0.4) is 0 Å². The molecule has 0 amide bonds. The number of fused-ring (bicyclic) bond motifs is 2. The molecule has 1 aromatic heterocycles. The zero-order chi connectivity index (χ0) is 13.6. The molecular formula is C16H25N3O. The third-order valence-electron chi connectivity index (χ3n) is 5.94. The number of aromatic nitrogens is 2. The van der Waals surface area contributed by atoms with E-state index in [1.807, 2.05) is 0 Å². The van der Waals surface area contributed by atoms with Crippen LogP contribution in [-0.4, -0.2) is 10.1 Å². The highest BCUT2D eigenvalue weighted by Gasteiger charge is 2.44. The first-order valence-corrected chi connectivity index (χ1v) is 8.37. The van der Waals surface area contributed by atoms with Crippen LogP contribution in [-0.2, 0) is 5.54 Å². The Morgan fingerprint density at radius 3 is 2.50 bits per heavy atom. The SMILES string of the molecule is NC1(c2noc(C3CC4CCC3C4)n2)CCCCCC1. The van der Waals surface area contributed by atoms with Crippen molar-refractivity contribution < 1.29 is 4.52 Å². The second-order valence-corrected chi connectivity index (χ2v) is 7.31. The molecule has 0 aromatic carbocycles. The Morgan fingerprint density at radius 2 is 1.85 bits per heavy atom. The maximum absolute atomic E-state index is 6.58. The lowest BCUT2D eigenvalue weighted by Gasteiger charge is -2.23. The predicted molar refractivity (Wildman–Crippen MR) is 76.1 cm³/mol. The van der Waals surface area contributed by atoms with Gasteiger partial charge >= 0.3 is 0 Å². The lowest BCUT2D eigenvalue weighted by atomic mass is 9.88. The van der Waals surface area contributed by atoms with E-state index in [1.165, 1.54) is 51.4 Å². The van der Waals surface area contributed by atoms with Crippen molar-refractivity contribution in [1.82, 2.24) is 10.1 Å². The van der Waals surface area contributed by atoms with Gasteiger partial charge in [-0.1, -0.05) is 37.3 Å². The maximum Gasteiger partial charge on any atom is 0.230 e. The number of nitrogens with zero attached hydrogens (tertiary/aromatic N) is 2. The van der Waals surface area contributed by atoms with E-state index >= 15 is 0 Å². The molecule has 2 bridgehead atoms. The summed E-state index contributed by atoms with van der Waals surface area (Å²) >= 11 is 0. The van der Waals surface area contributed by atoms with Gasteiger partial charge in [0.05, 0.1) is 5.54 Å². The molecule has 1 aromatic rings. The second-order valence-electron chi connectivity index (χ2n) is 7.31. The fourth-order valence-corrected chi connectivity index (χ4v) is 4.72. The summed E-state index contributed by atoms with van der Waals surface area (Å²) in [5.74, 6) is 3.86. The van der Waals surface area contributed by atoms with Crippen molar-refractivity contribution in [3.05, 3.63) is 11.7 Å². The topological polar surface area (TPSA) is 64.9 Å². The van der Waals surface area contributed by atoms with Gasteiger partial charge in [0, 0.05) is 5.92 Å². The van der Waals surface area contributed by atoms with E-state index in [4.69, 9.17) is 15.2 Å². The van der Waals surface area contributed by atoms with Crippen molar-refractivity contribution in [2.45, 2.75) is 75.7 Å². The predicted octanol–water partition coefficient (Wildman–Crippen LogP) is 3.48. The molecule has 3 aliphatic rings. The van der Waals surface area contributed by atoms with E-state index < -0.39 is 0 Å². The van der Waals surface area contributed by atoms with E-state index in [-0.39, 0.29) is 5.54 Å². The van der Waals surface area contributed by atoms with E-state index in [9.17, 15) is 0 Å². The summed E-state index contributed by atoms with van der Waals surface area (Å²) < 4.78 is 5.62. The molecule has 20 heavy (non-hydrogen) atoms. The highest BCUT2D eigenvalue weighted by molar-refractivity contribution is 5.10. The first-order valence-electron chi connectivity index (χ1n) is 8.37. The fraction of sp³-hybridized carbons (Fsp3) is 0.875. The van der Waals surface area contributed by atoms with Crippen LogP contribution in [0.4, 0.5) is 0 Å². The van der Waals surface area contributed by atoms with Gasteiger partial charge < -0.3 is 10.3 Å². The van der Waals surface area contributed by atoms with Crippen LogP contribution in [0.2, 0.25) is 0 Å². The summed E-state index contributed by atoms with van der Waals surface area (Å²) in [4.78, 5) is 4.75. The average Bonchev–Trinajstić information content (AvgIpc) is 3.15. The van der Waals surface area contributed by atoms with Crippen LogP contribution in [0.5, 0.6) is 0 Å². The quantitative estimate of drug-likeness (QED) is 0.839. The summed E-state index contributed by atoms with van der Waals surface area (Å²) in [6.07, 6.45) is 12.3. The third-order valence-corrected chi connectivity index (χ3v) is 5.94. The molecule has 3 aliphatic carbocycles. The Labute approximate surface area is 120 Å². The summed E-state index contributed by atoms with van der Waals surface area (Å²) in [6, 6.07) is 0. The van der Waals surface area contributed by atoms with Gasteiger partial charge in [-0.2, -0.15) is 4.98 Å². The lowest BCUT2D eigenvalue weighted by Crippen LogP contribution is -2.37.